The van der Waals surface area contributed by atoms with E-state index in [1.165, 1.54) is 5.22 Å². The van der Waals surface area contributed by atoms with Gasteiger partial charge in [-0.15, -0.1) is 0 Å². The molecule has 1 aliphatic rings. The van der Waals surface area contributed by atoms with Crippen LogP contribution in [0.2, 0.25) is 0 Å². The van der Waals surface area contributed by atoms with Crippen molar-refractivity contribution in [3.05, 3.63) is 34.8 Å². The predicted octanol–water partition coefficient (Wildman–Crippen LogP) is 0.740. The minimum absolute atomic E-state index is 0.330. The van der Waals surface area contributed by atoms with Gasteiger partial charge < -0.3 is 0 Å². The molecule has 1 unspecified atom stereocenters. The highest BCUT2D eigenvalue weighted by Gasteiger charge is 1.93. The lowest BCUT2D eigenvalue weighted by Gasteiger charge is -1.97. The normalized spacial score (nSPS) is 19.3. The van der Waals surface area contributed by atoms with Crippen molar-refractivity contribution in [2.24, 2.45) is 10.9 Å². The predicted molar refractivity (Wildman–Crippen MR) is 53.5 cm³/mol. The van der Waals surface area contributed by atoms with Crippen LogP contribution in [0.4, 0.5) is 0 Å². The quantitative estimate of drug-likeness (QED) is 0.508. The van der Waals surface area contributed by atoms with E-state index in [1.807, 2.05) is 18.2 Å². The maximum atomic E-state index is 4.38. The van der Waals surface area contributed by atoms with Crippen LogP contribution in [-0.4, -0.2) is 6.54 Å². The summed E-state index contributed by atoms with van der Waals surface area (Å²) in [6.07, 6.45) is 2.16. The SMILES string of the molecule is CC1C#CCN=c2ccccc2=C1. The Bertz CT molecular complexity index is 474. The Kier molecular flexibility index (Phi) is 2.14. The van der Waals surface area contributed by atoms with Crippen molar-refractivity contribution in [1.29, 1.82) is 0 Å². The molecule has 0 amide bonds. The summed E-state index contributed by atoms with van der Waals surface area (Å²) in [4.78, 5) is 4.38. The van der Waals surface area contributed by atoms with Crippen molar-refractivity contribution in [2.45, 2.75) is 6.92 Å². The highest BCUT2D eigenvalue weighted by molar-refractivity contribution is 5.33. The zero-order valence-corrected chi connectivity index (χ0v) is 7.62. The maximum Gasteiger partial charge on any atom is 0.100 e. The molecule has 0 saturated heterocycles. The molecule has 0 spiro atoms. The fraction of sp³-hybridized carbons (Fsp3) is 0.250. The maximum absolute atomic E-state index is 4.38. The Morgan fingerprint density at radius 2 is 2.23 bits per heavy atom. The first kappa shape index (κ1) is 8.07. The molecule has 0 radical (unpaired) electrons. The van der Waals surface area contributed by atoms with E-state index >= 15 is 0 Å². The Hall–Kier alpha value is -1.55. The molecular weight excluding hydrogens is 158 g/mol. The summed E-state index contributed by atoms with van der Waals surface area (Å²) in [5.41, 5.74) is 0. The molecule has 1 atom stereocenters. The number of rotatable bonds is 0. The molecule has 0 aliphatic carbocycles. The first-order chi connectivity index (χ1) is 6.36. The van der Waals surface area contributed by atoms with Gasteiger partial charge in [0.1, 0.15) is 6.54 Å². The highest BCUT2D eigenvalue weighted by atomic mass is 14.7. The molecule has 64 valence electrons. The molecule has 0 N–H and O–H groups in total. The van der Waals surface area contributed by atoms with Crippen molar-refractivity contribution in [1.82, 2.24) is 0 Å². The van der Waals surface area contributed by atoms with E-state index in [4.69, 9.17) is 0 Å². The second-order valence-corrected chi connectivity index (χ2v) is 3.15. The molecule has 0 saturated carbocycles. The van der Waals surface area contributed by atoms with Crippen LogP contribution >= 0.6 is 0 Å². The van der Waals surface area contributed by atoms with Crippen molar-refractivity contribution in [3.8, 4) is 11.8 Å². The highest BCUT2D eigenvalue weighted by Crippen LogP contribution is 1.93. The summed E-state index contributed by atoms with van der Waals surface area (Å²) < 4.78 is 0. The van der Waals surface area contributed by atoms with Crippen molar-refractivity contribution in [3.63, 3.8) is 0 Å². The summed E-state index contributed by atoms with van der Waals surface area (Å²) in [5, 5.41) is 2.26. The smallest absolute Gasteiger partial charge is 0.100 e. The first-order valence-corrected chi connectivity index (χ1v) is 4.46. The molecule has 1 heteroatoms. The number of para-hydroxylation sites is 1. The standard InChI is InChI=1S/C12H11N/c1-10-5-4-8-13-12-7-3-2-6-11(12)9-10/h2-3,6-7,9-10H,8H2,1H3. The third-order valence-corrected chi connectivity index (χ3v) is 2.02. The molecule has 1 aromatic rings. The van der Waals surface area contributed by atoms with Crippen LogP contribution in [0.1, 0.15) is 6.92 Å². The van der Waals surface area contributed by atoms with Gasteiger partial charge in [-0.25, -0.2) is 0 Å². The largest absolute Gasteiger partial charge is 0.272 e. The number of benzene rings is 1. The zero-order valence-electron chi connectivity index (χ0n) is 7.62. The minimum Gasteiger partial charge on any atom is -0.272 e. The van der Waals surface area contributed by atoms with E-state index in [0.29, 0.717) is 12.5 Å². The molecule has 1 aromatic carbocycles. The second kappa shape index (κ2) is 3.45. The van der Waals surface area contributed by atoms with Crippen molar-refractivity contribution >= 4 is 6.08 Å². The molecule has 1 aliphatic heterocycles. The summed E-state index contributed by atoms with van der Waals surface area (Å²) >= 11 is 0. The summed E-state index contributed by atoms with van der Waals surface area (Å²) in [7, 11) is 0. The molecule has 1 heterocycles. The van der Waals surface area contributed by atoms with E-state index in [2.05, 4.69) is 35.9 Å². The van der Waals surface area contributed by atoms with Gasteiger partial charge in [-0.3, -0.25) is 4.99 Å². The van der Waals surface area contributed by atoms with E-state index in [1.54, 1.807) is 0 Å². The minimum atomic E-state index is 0.330. The lowest BCUT2D eigenvalue weighted by atomic mass is 10.1. The number of hydrogen-bond acceptors (Lipinski definition) is 1. The number of hydrogen-bond donors (Lipinski definition) is 0. The first-order valence-electron chi connectivity index (χ1n) is 4.46. The van der Waals surface area contributed by atoms with E-state index in [9.17, 15) is 0 Å². The molecule has 1 nitrogen and oxygen atoms in total. The number of fused-ring (bicyclic) bond motifs is 1. The van der Waals surface area contributed by atoms with Crippen LogP contribution < -0.4 is 10.6 Å². The fourth-order valence-electron chi connectivity index (χ4n) is 1.41. The topological polar surface area (TPSA) is 12.4 Å². The molecule has 13 heavy (non-hydrogen) atoms. The van der Waals surface area contributed by atoms with Gasteiger partial charge in [-0.2, -0.15) is 0 Å². The summed E-state index contributed by atoms with van der Waals surface area (Å²) in [6, 6.07) is 8.16. The number of nitrogens with zero attached hydrogens (tertiary/aromatic N) is 1. The lowest BCUT2D eigenvalue weighted by molar-refractivity contribution is 1.02. The van der Waals surface area contributed by atoms with Crippen LogP contribution in [0, 0.1) is 17.8 Å². The zero-order chi connectivity index (χ0) is 9.10. The molecule has 0 bridgehead atoms. The van der Waals surface area contributed by atoms with E-state index in [0.717, 1.165) is 5.36 Å². The van der Waals surface area contributed by atoms with Crippen LogP contribution in [0.15, 0.2) is 29.3 Å². The van der Waals surface area contributed by atoms with Crippen LogP contribution in [0.3, 0.4) is 0 Å². The lowest BCUT2D eigenvalue weighted by Crippen LogP contribution is -2.26. The van der Waals surface area contributed by atoms with Gasteiger partial charge in [-0.1, -0.05) is 36.1 Å². The Morgan fingerprint density at radius 3 is 3.15 bits per heavy atom. The van der Waals surface area contributed by atoms with Crippen molar-refractivity contribution < 1.29 is 0 Å². The van der Waals surface area contributed by atoms with Gasteiger partial charge in [0.15, 0.2) is 0 Å². The third-order valence-electron chi connectivity index (χ3n) is 2.02. The van der Waals surface area contributed by atoms with Gasteiger partial charge >= 0.3 is 0 Å². The average molecular weight is 169 g/mol. The van der Waals surface area contributed by atoms with Gasteiger partial charge in [0.25, 0.3) is 0 Å². The Balaban J connectivity index is 2.70. The van der Waals surface area contributed by atoms with Gasteiger partial charge in [0, 0.05) is 5.92 Å². The van der Waals surface area contributed by atoms with Crippen LogP contribution in [-0.2, 0) is 0 Å². The van der Waals surface area contributed by atoms with Gasteiger partial charge in [-0.05, 0) is 18.2 Å². The summed E-state index contributed by atoms with van der Waals surface area (Å²) in [6.45, 7) is 2.73. The molecular formula is C12H11N. The van der Waals surface area contributed by atoms with E-state index < -0.39 is 0 Å². The average Bonchev–Trinajstić information content (AvgIpc) is 2.11. The monoisotopic (exact) mass is 169 g/mol. The Morgan fingerprint density at radius 1 is 1.38 bits per heavy atom. The molecule has 0 aromatic heterocycles. The second-order valence-electron chi connectivity index (χ2n) is 3.15. The van der Waals surface area contributed by atoms with Crippen LogP contribution in [0.5, 0.6) is 0 Å². The molecule has 2 rings (SSSR count). The van der Waals surface area contributed by atoms with Gasteiger partial charge in [0.2, 0.25) is 0 Å². The van der Waals surface area contributed by atoms with E-state index in [-0.39, 0.29) is 0 Å². The van der Waals surface area contributed by atoms with Crippen LogP contribution in [0.25, 0.3) is 6.08 Å². The van der Waals surface area contributed by atoms with Crippen molar-refractivity contribution in [2.75, 3.05) is 6.54 Å². The third kappa shape index (κ3) is 1.78. The summed E-state index contributed by atoms with van der Waals surface area (Å²) in [5.74, 6) is 6.49. The Labute approximate surface area is 77.8 Å². The fourth-order valence-corrected chi connectivity index (χ4v) is 1.41. The molecule has 0 fully saturated rings. The van der Waals surface area contributed by atoms with Gasteiger partial charge in [0.05, 0.1) is 5.36 Å².